The zero-order valence-electron chi connectivity index (χ0n) is 13.3. The van der Waals surface area contributed by atoms with E-state index in [2.05, 4.69) is 47.0 Å². The van der Waals surface area contributed by atoms with Crippen LogP contribution in [0.1, 0.15) is 51.6 Å². The zero-order valence-corrected chi connectivity index (χ0v) is 14.9. The Bertz CT molecular complexity index is 459. The number of anilines is 1. The molecule has 1 N–H and O–H groups in total. The Labute approximate surface area is 136 Å². The van der Waals surface area contributed by atoms with E-state index in [9.17, 15) is 0 Å². The van der Waals surface area contributed by atoms with Gasteiger partial charge in [0.15, 0.2) is 0 Å². The lowest BCUT2D eigenvalue weighted by atomic mass is 10.1. The largest absolute Gasteiger partial charge is 0.378 e. The average molecular weight is 356 g/mol. The summed E-state index contributed by atoms with van der Waals surface area (Å²) in [5.74, 6) is 2.38. The molecule has 0 aliphatic carbocycles. The van der Waals surface area contributed by atoms with Crippen molar-refractivity contribution in [1.82, 2.24) is 9.97 Å². The maximum absolute atomic E-state index is 5.82. The van der Waals surface area contributed by atoms with Crippen molar-refractivity contribution in [3.8, 4) is 0 Å². The standard InChI is InChI=1S/C16H26BrN3O/c1-4-18-16-15(17)13(9-11(2)3)19-14(20-16)10-12-7-5-6-8-21-12/h11-12H,4-10H2,1-3H3,(H,18,19,20). The highest BCUT2D eigenvalue weighted by molar-refractivity contribution is 9.10. The summed E-state index contributed by atoms with van der Waals surface area (Å²) in [7, 11) is 0. The van der Waals surface area contributed by atoms with Crippen LogP contribution in [-0.4, -0.2) is 29.2 Å². The Hall–Kier alpha value is -0.680. The maximum Gasteiger partial charge on any atom is 0.144 e. The molecule has 1 fully saturated rings. The van der Waals surface area contributed by atoms with E-state index in [1.807, 2.05) is 0 Å². The van der Waals surface area contributed by atoms with Gasteiger partial charge in [0.1, 0.15) is 11.6 Å². The van der Waals surface area contributed by atoms with E-state index in [1.54, 1.807) is 0 Å². The van der Waals surface area contributed by atoms with Crippen LogP contribution in [0.3, 0.4) is 0 Å². The highest BCUT2D eigenvalue weighted by Gasteiger charge is 2.19. The number of nitrogens with zero attached hydrogens (tertiary/aromatic N) is 2. The third-order valence-electron chi connectivity index (χ3n) is 3.60. The molecule has 21 heavy (non-hydrogen) atoms. The average Bonchev–Trinajstić information content (AvgIpc) is 2.44. The van der Waals surface area contributed by atoms with E-state index in [1.165, 1.54) is 12.8 Å². The van der Waals surface area contributed by atoms with Gasteiger partial charge in [0, 0.05) is 19.6 Å². The molecule has 1 unspecified atom stereocenters. The first-order valence-electron chi connectivity index (χ1n) is 8.00. The van der Waals surface area contributed by atoms with Crippen LogP contribution < -0.4 is 5.32 Å². The molecular weight excluding hydrogens is 330 g/mol. The molecule has 5 heteroatoms. The highest BCUT2D eigenvalue weighted by atomic mass is 79.9. The van der Waals surface area contributed by atoms with Gasteiger partial charge < -0.3 is 10.1 Å². The molecule has 2 heterocycles. The van der Waals surface area contributed by atoms with E-state index in [4.69, 9.17) is 9.72 Å². The van der Waals surface area contributed by atoms with Crippen molar-refractivity contribution < 1.29 is 4.74 Å². The lowest BCUT2D eigenvalue weighted by Crippen LogP contribution is -2.23. The van der Waals surface area contributed by atoms with Crippen molar-refractivity contribution >= 4 is 21.7 Å². The third-order valence-corrected chi connectivity index (χ3v) is 4.43. The van der Waals surface area contributed by atoms with Gasteiger partial charge in [0.05, 0.1) is 16.3 Å². The summed E-state index contributed by atoms with van der Waals surface area (Å²) < 4.78 is 6.83. The van der Waals surface area contributed by atoms with Crippen molar-refractivity contribution in [3.05, 3.63) is 16.0 Å². The molecule has 1 aromatic heterocycles. The first-order chi connectivity index (χ1) is 10.1. The Morgan fingerprint density at radius 3 is 2.76 bits per heavy atom. The maximum atomic E-state index is 5.82. The molecule has 1 aromatic rings. The molecule has 0 saturated carbocycles. The summed E-state index contributed by atoms with van der Waals surface area (Å²) in [4.78, 5) is 9.45. The van der Waals surface area contributed by atoms with Crippen LogP contribution in [0.2, 0.25) is 0 Å². The lowest BCUT2D eigenvalue weighted by Gasteiger charge is -2.22. The van der Waals surface area contributed by atoms with Crippen molar-refractivity contribution in [2.45, 2.75) is 59.0 Å². The molecule has 1 aliphatic heterocycles. The topological polar surface area (TPSA) is 47.0 Å². The molecule has 4 nitrogen and oxygen atoms in total. The van der Waals surface area contributed by atoms with Crippen LogP contribution in [0.4, 0.5) is 5.82 Å². The number of hydrogen-bond donors (Lipinski definition) is 1. The summed E-state index contributed by atoms with van der Waals surface area (Å²) in [6.07, 6.45) is 5.60. The zero-order chi connectivity index (χ0) is 15.2. The Morgan fingerprint density at radius 1 is 1.33 bits per heavy atom. The quantitative estimate of drug-likeness (QED) is 0.838. The van der Waals surface area contributed by atoms with Crippen molar-refractivity contribution in [1.29, 1.82) is 0 Å². The molecule has 1 aliphatic rings. The minimum absolute atomic E-state index is 0.279. The van der Waals surface area contributed by atoms with Gasteiger partial charge in [-0.25, -0.2) is 9.97 Å². The number of aromatic nitrogens is 2. The van der Waals surface area contributed by atoms with Gasteiger partial charge in [-0.15, -0.1) is 0 Å². The van der Waals surface area contributed by atoms with Crippen molar-refractivity contribution in [2.75, 3.05) is 18.5 Å². The molecule has 0 aromatic carbocycles. The second-order valence-electron chi connectivity index (χ2n) is 6.07. The molecule has 0 radical (unpaired) electrons. The first kappa shape index (κ1) is 16.7. The van der Waals surface area contributed by atoms with Crippen LogP contribution in [0.15, 0.2) is 4.47 Å². The summed E-state index contributed by atoms with van der Waals surface area (Å²) in [5, 5.41) is 3.33. The molecular formula is C16H26BrN3O. The van der Waals surface area contributed by atoms with Gasteiger partial charge in [-0.2, -0.15) is 0 Å². The number of ether oxygens (including phenoxy) is 1. The molecule has 1 atom stereocenters. The number of halogens is 1. The molecule has 2 rings (SSSR count). The summed E-state index contributed by atoms with van der Waals surface area (Å²) in [5.41, 5.74) is 1.10. The van der Waals surface area contributed by atoms with E-state index in [0.717, 1.165) is 54.2 Å². The van der Waals surface area contributed by atoms with Crippen LogP contribution >= 0.6 is 15.9 Å². The fourth-order valence-corrected chi connectivity index (χ4v) is 3.09. The molecule has 0 bridgehead atoms. The normalized spacial score (nSPS) is 19.0. The van der Waals surface area contributed by atoms with Crippen molar-refractivity contribution in [2.24, 2.45) is 5.92 Å². The third kappa shape index (κ3) is 4.92. The smallest absolute Gasteiger partial charge is 0.144 e. The van der Waals surface area contributed by atoms with Crippen LogP contribution in [0, 0.1) is 5.92 Å². The van der Waals surface area contributed by atoms with E-state index in [-0.39, 0.29) is 6.10 Å². The van der Waals surface area contributed by atoms with Crippen molar-refractivity contribution in [3.63, 3.8) is 0 Å². The number of nitrogens with one attached hydrogen (secondary N) is 1. The molecule has 0 spiro atoms. The molecule has 0 amide bonds. The fourth-order valence-electron chi connectivity index (χ4n) is 2.61. The van der Waals surface area contributed by atoms with E-state index < -0.39 is 0 Å². The molecule has 1 saturated heterocycles. The van der Waals surface area contributed by atoms with Crippen LogP contribution in [0.25, 0.3) is 0 Å². The van der Waals surface area contributed by atoms with Gasteiger partial charge in [-0.1, -0.05) is 13.8 Å². The van der Waals surface area contributed by atoms with Gasteiger partial charge in [-0.3, -0.25) is 0 Å². The number of hydrogen-bond acceptors (Lipinski definition) is 4. The van der Waals surface area contributed by atoms with Gasteiger partial charge in [0.25, 0.3) is 0 Å². The fraction of sp³-hybridized carbons (Fsp3) is 0.750. The predicted octanol–water partition coefficient (Wildman–Crippen LogP) is 3.98. The summed E-state index contributed by atoms with van der Waals surface area (Å²) in [6.45, 7) is 8.24. The van der Waals surface area contributed by atoms with E-state index in [0.29, 0.717) is 5.92 Å². The Balaban J connectivity index is 2.20. The summed E-state index contributed by atoms with van der Waals surface area (Å²) in [6, 6.07) is 0. The SMILES string of the molecule is CCNc1nc(CC2CCCCO2)nc(CC(C)C)c1Br. The van der Waals surface area contributed by atoms with Gasteiger partial charge in [-0.05, 0) is 54.5 Å². The lowest BCUT2D eigenvalue weighted by molar-refractivity contribution is 0.0156. The first-order valence-corrected chi connectivity index (χ1v) is 8.80. The Morgan fingerprint density at radius 2 is 2.14 bits per heavy atom. The molecule has 118 valence electrons. The highest BCUT2D eigenvalue weighted by Crippen LogP contribution is 2.26. The van der Waals surface area contributed by atoms with Gasteiger partial charge in [0.2, 0.25) is 0 Å². The van der Waals surface area contributed by atoms with Crippen LogP contribution in [0.5, 0.6) is 0 Å². The van der Waals surface area contributed by atoms with E-state index >= 15 is 0 Å². The summed E-state index contributed by atoms with van der Waals surface area (Å²) >= 11 is 3.65. The Kier molecular flexibility index (Phi) is 6.42. The monoisotopic (exact) mass is 355 g/mol. The second kappa shape index (κ2) is 8.08. The number of rotatable bonds is 6. The minimum Gasteiger partial charge on any atom is -0.378 e. The predicted molar refractivity (Wildman–Crippen MR) is 89.7 cm³/mol. The second-order valence-corrected chi connectivity index (χ2v) is 6.86. The van der Waals surface area contributed by atoms with Crippen LogP contribution in [-0.2, 0) is 17.6 Å². The van der Waals surface area contributed by atoms with Gasteiger partial charge >= 0.3 is 0 Å². The minimum atomic E-state index is 0.279.